The van der Waals surface area contributed by atoms with Gasteiger partial charge < -0.3 is 10.4 Å². The van der Waals surface area contributed by atoms with E-state index in [-0.39, 0.29) is 17.9 Å². The Morgan fingerprint density at radius 2 is 1.89 bits per heavy atom. The molecule has 0 spiro atoms. The average molecular weight is 382 g/mol. The molecule has 9 nitrogen and oxygen atoms in total. The minimum atomic E-state index is -1.10. The van der Waals surface area contributed by atoms with Crippen molar-refractivity contribution < 1.29 is 14.7 Å². The van der Waals surface area contributed by atoms with Crippen molar-refractivity contribution in [1.82, 2.24) is 20.5 Å². The predicted molar refractivity (Wildman–Crippen MR) is 107 cm³/mol. The lowest BCUT2D eigenvalue weighted by Gasteiger charge is -2.20. The minimum absolute atomic E-state index is 0.168. The van der Waals surface area contributed by atoms with Gasteiger partial charge in [0, 0.05) is 18.3 Å². The first kappa shape index (κ1) is 19.2. The van der Waals surface area contributed by atoms with Crippen molar-refractivity contribution in [2.75, 3.05) is 10.2 Å². The number of urea groups is 1. The largest absolute Gasteiger partial charge is 0.465 e. The van der Waals surface area contributed by atoms with E-state index >= 15 is 0 Å². The lowest BCUT2D eigenvalue weighted by molar-refractivity contribution is 0.200. The molecule has 0 bridgehead atoms. The van der Waals surface area contributed by atoms with Gasteiger partial charge in [-0.15, -0.1) is 0 Å². The number of carbonyl (C=O) groups is 2. The summed E-state index contributed by atoms with van der Waals surface area (Å²) in [6.07, 6.45) is 0.391. The highest BCUT2D eigenvalue weighted by molar-refractivity contribution is 5.99. The Hall–Kier alpha value is -3.62. The number of carbonyl (C=O) groups excluding carboxylic acids is 1. The second-order valence-corrected chi connectivity index (χ2v) is 6.64. The van der Waals surface area contributed by atoms with Crippen LogP contribution in [0, 0.1) is 0 Å². The molecule has 0 unspecified atom stereocenters. The maximum Gasteiger partial charge on any atom is 0.413 e. The lowest BCUT2D eigenvalue weighted by atomic mass is 10.1. The summed E-state index contributed by atoms with van der Waals surface area (Å²) < 4.78 is 0. The standard InChI is InChI=1S/C19H22N6O3/c1-11(2)25(19(27)28)17-14-10-20-16(9-15(14)23-24-17)22-18(26)21-12(3)13-7-5-4-6-8-13/h4-12H,1-3H3,(H,23,24)(H,27,28)(H2,20,21,22,26)/t12-/m1/s1. The fourth-order valence-corrected chi connectivity index (χ4v) is 2.88. The van der Waals surface area contributed by atoms with Crippen molar-refractivity contribution in [1.29, 1.82) is 0 Å². The number of fused-ring (bicyclic) bond motifs is 1. The molecule has 9 heteroatoms. The van der Waals surface area contributed by atoms with Gasteiger partial charge in [-0.2, -0.15) is 5.10 Å². The molecule has 1 aromatic carbocycles. The molecule has 0 saturated heterocycles. The predicted octanol–water partition coefficient (Wildman–Crippen LogP) is 3.73. The second kappa shape index (κ2) is 7.95. The van der Waals surface area contributed by atoms with Gasteiger partial charge in [-0.1, -0.05) is 30.3 Å². The number of aromatic amines is 1. The number of rotatable bonds is 5. The average Bonchev–Trinajstić information content (AvgIpc) is 3.04. The number of nitrogens with zero attached hydrogens (tertiary/aromatic N) is 3. The zero-order chi connectivity index (χ0) is 20.3. The Morgan fingerprint density at radius 1 is 1.18 bits per heavy atom. The molecular formula is C19H22N6O3. The van der Waals surface area contributed by atoms with E-state index in [1.54, 1.807) is 19.9 Å². The number of pyridine rings is 1. The highest BCUT2D eigenvalue weighted by Crippen LogP contribution is 2.26. The van der Waals surface area contributed by atoms with Crippen molar-refractivity contribution in [2.45, 2.75) is 32.9 Å². The quantitative estimate of drug-likeness (QED) is 0.535. The fourth-order valence-electron chi connectivity index (χ4n) is 2.88. The maximum atomic E-state index is 12.3. The maximum absolute atomic E-state index is 12.3. The van der Waals surface area contributed by atoms with Crippen molar-refractivity contribution in [2.24, 2.45) is 0 Å². The minimum Gasteiger partial charge on any atom is -0.465 e. The van der Waals surface area contributed by atoms with Gasteiger partial charge in [-0.3, -0.25) is 15.3 Å². The molecule has 3 amide bonds. The van der Waals surface area contributed by atoms with Gasteiger partial charge >= 0.3 is 12.1 Å². The molecule has 0 fully saturated rings. The van der Waals surface area contributed by atoms with Crippen LogP contribution in [0.1, 0.15) is 32.4 Å². The fraction of sp³-hybridized carbons (Fsp3) is 0.263. The molecule has 0 aliphatic rings. The number of carboxylic acid groups (broad SMARTS) is 1. The number of anilines is 2. The summed E-state index contributed by atoms with van der Waals surface area (Å²) in [5, 5.41) is 22.4. The van der Waals surface area contributed by atoms with Crippen LogP contribution in [0.4, 0.5) is 21.2 Å². The van der Waals surface area contributed by atoms with Crippen LogP contribution < -0.4 is 15.5 Å². The zero-order valence-electron chi connectivity index (χ0n) is 15.8. The summed E-state index contributed by atoms with van der Waals surface area (Å²) in [7, 11) is 0. The van der Waals surface area contributed by atoms with Crippen molar-refractivity contribution >= 4 is 34.7 Å². The third-order valence-corrected chi connectivity index (χ3v) is 4.27. The Bertz CT molecular complexity index is 986. The SMILES string of the molecule is CC(C)N(C(=O)O)c1n[nH]c2cc(NC(=O)N[C@H](C)c3ccccc3)ncc12. The monoisotopic (exact) mass is 382 g/mol. The Morgan fingerprint density at radius 3 is 2.54 bits per heavy atom. The van der Waals surface area contributed by atoms with Crippen LogP contribution in [0.5, 0.6) is 0 Å². The molecule has 28 heavy (non-hydrogen) atoms. The van der Waals surface area contributed by atoms with Crippen LogP contribution in [0.25, 0.3) is 10.9 Å². The highest BCUT2D eigenvalue weighted by Gasteiger charge is 2.23. The molecule has 1 atom stereocenters. The highest BCUT2D eigenvalue weighted by atomic mass is 16.4. The van der Waals surface area contributed by atoms with Gasteiger partial charge in [0.15, 0.2) is 5.82 Å². The first-order chi connectivity index (χ1) is 13.4. The second-order valence-electron chi connectivity index (χ2n) is 6.64. The number of aromatic nitrogens is 3. The Kier molecular flexibility index (Phi) is 5.44. The zero-order valence-corrected chi connectivity index (χ0v) is 15.8. The molecule has 2 aromatic heterocycles. The van der Waals surface area contributed by atoms with Crippen molar-refractivity contribution in [3.63, 3.8) is 0 Å². The van der Waals surface area contributed by atoms with Crippen molar-refractivity contribution in [3.8, 4) is 0 Å². The van der Waals surface area contributed by atoms with E-state index in [1.165, 1.54) is 6.20 Å². The molecule has 0 aliphatic heterocycles. The molecule has 146 valence electrons. The van der Waals surface area contributed by atoms with Crippen LogP contribution in [0.15, 0.2) is 42.6 Å². The van der Waals surface area contributed by atoms with E-state index in [1.807, 2.05) is 37.3 Å². The third kappa shape index (κ3) is 4.03. The summed E-state index contributed by atoms with van der Waals surface area (Å²) in [4.78, 5) is 29.1. The Balaban J connectivity index is 1.74. The normalized spacial score (nSPS) is 12.0. The molecule has 3 rings (SSSR count). The van der Waals surface area contributed by atoms with E-state index in [2.05, 4.69) is 25.8 Å². The number of hydrogen-bond donors (Lipinski definition) is 4. The van der Waals surface area contributed by atoms with Gasteiger partial charge in [0.1, 0.15) is 5.82 Å². The number of nitrogens with one attached hydrogen (secondary N) is 3. The van der Waals surface area contributed by atoms with Crippen molar-refractivity contribution in [3.05, 3.63) is 48.2 Å². The summed E-state index contributed by atoms with van der Waals surface area (Å²) in [5.41, 5.74) is 1.56. The van der Waals surface area contributed by atoms with Crippen LogP contribution in [0.2, 0.25) is 0 Å². The van der Waals surface area contributed by atoms with Crippen LogP contribution in [-0.4, -0.2) is 38.5 Å². The molecule has 2 heterocycles. The van der Waals surface area contributed by atoms with E-state index in [0.717, 1.165) is 10.5 Å². The number of H-pyrrole nitrogens is 1. The molecule has 0 radical (unpaired) electrons. The first-order valence-corrected chi connectivity index (χ1v) is 8.85. The molecule has 0 aliphatic carbocycles. The van der Waals surface area contributed by atoms with Gasteiger partial charge in [0.25, 0.3) is 0 Å². The van der Waals surface area contributed by atoms with Gasteiger partial charge in [0.05, 0.1) is 16.9 Å². The van der Waals surface area contributed by atoms with Gasteiger partial charge in [-0.25, -0.2) is 14.6 Å². The number of amides is 3. The number of benzene rings is 1. The molecule has 3 aromatic rings. The third-order valence-electron chi connectivity index (χ3n) is 4.27. The number of hydrogen-bond acceptors (Lipinski definition) is 4. The van der Waals surface area contributed by atoms with Crippen LogP contribution in [-0.2, 0) is 0 Å². The van der Waals surface area contributed by atoms with Crippen LogP contribution in [0.3, 0.4) is 0 Å². The first-order valence-electron chi connectivity index (χ1n) is 8.85. The van der Waals surface area contributed by atoms with E-state index in [4.69, 9.17) is 0 Å². The summed E-state index contributed by atoms with van der Waals surface area (Å²) in [5.74, 6) is 0.602. The van der Waals surface area contributed by atoms with Gasteiger partial charge in [0.2, 0.25) is 0 Å². The van der Waals surface area contributed by atoms with E-state index in [0.29, 0.717) is 16.7 Å². The molecule has 0 saturated carbocycles. The molecule has 4 N–H and O–H groups in total. The van der Waals surface area contributed by atoms with E-state index in [9.17, 15) is 14.7 Å². The Labute approximate surface area is 161 Å². The summed E-state index contributed by atoms with van der Waals surface area (Å²) >= 11 is 0. The van der Waals surface area contributed by atoms with Gasteiger partial charge in [-0.05, 0) is 26.3 Å². The van der Waals surface area contributed by atoms with E-state index < -0.39 is 12.1 Å². The van der Waals surface area contributed by atoms with Crippen LogP contribution >= 0.6 is 0 Å². The lowest BCUT2D eigenvalue weighted by Crippen LogP contribution is -2.36. The summed E-state index contributed by atoms with van der Waals surface area (Å²) in [6, 6.07) is 10.4. The molecular weight excluding hydrogens is 360 g/mol. The smallest absolute Gasteiger partial charge is 0.413 e. The topological polar surface area (TPSA) is 123 Å². The summed E-state index contributed by atoms with van der Waals surface area (Å²) in [6.45, 7) is 5.41.